The zero-order chi connectivity index (χ0) is 12.6. The summed E-state index contributed by atoms with van der Waals surface area (Å²) in [6.07, 6.45) is 0.146. The lowest BCUT2D eigenvalue weighted by molar-refractivity contribution is 0.0344. The number of hydrogen-bond acceptors (Lipinski definition) is 3. The Morgan fingerprint density at radius 1 is 1.47 bits per heavy atom. The van der Waals surface area contributed by atoms with Crippen molar-refractivity contribution >= 4 is 34.0 Å². The van der Waals surface area contributed by atoms with E-state index in [1.807, 2.05) is 29.5 Å². The predicted molar refractivity (Wildman–Crippen MR) is 75.8 cm³/mol. The highest BCUT2D eigenvalue weighted by atomic mass is 127. The van der Waals surface area contributed by atoms with E-state index in [0.717, 1.165) is 12.2 Å². The molecule has 2 unspecified atom stereocenters. The number of halogens is 2. The van der Waals surface area contributed by atoms with Gasteiger partial charge in [-0.2, -0.15) is 0 Å². The van der Waals surface area contributed by atoms with Gasteiger partial charge >= 0.3 is 0 Å². The molecule has 0 saturated carbocycles. The SMILES string of the molecule is CC1CN(c2cc(F)c(I)cc2N)C(C)CO1. The fourth-order valence-electron chi connectivity index (χ4n) is 2.04. The van der Waals surface area contributed by atoms with Gasteiger partial charge in [0.1, 0.15) is 5.82 Å². The van der Waals surface area contributed by atoms with Gasteiger partial charge < -0.3 is 15.4 Å². The van der Waals surface area contributed by atoms with Gasteiger partial charge in [-0.25, -0.2) is 4.39 Å². The van der Waals surface area contributed by atoms with E-state index in [2.05, 4.69) is 11.8 Å². The highest BCUT2D eigenvalue weighted by molar-refractivity contribution is 14.1. The Labute approximate surface area is 114 Å². The summed E-state index contributed by atoms with van der Waals surface area (Å²) in [7, 11) is 0. The van der Waals surface area contributed by atoms with Crippen molar-refractivity contribution in [2.24, 2.45) is 0 Å². The summed E-state index contributed by atoms with van der Waals surface area (Å²) in [5, 5.41) is 0. The molecule has 2 atom stereocenters. The van der Waals surface area contributed by atoms with Crippen LogP contribution in [0.5, 0.6) is 0 Å². The maximum Gasteiger partial charge on any atom is 0.138 e. The largest absolute Gasteiger partial charge is 0.397 e. The first-order chi connectivity index (χ1) is 7.99. The molecule has 0 amide bonds. The van der Waals surface area contributed by atoms with Gasteiger partial charge in [0.05, 0.1) is 27.7 Å². The molecule has 1 aliphatic heterocycles. The highest BCUT2D eigenvalue weighted by Crippen LogP contribution is 2.30. The second kappa shape index (κ2) is 4.97. The first-order valence-electron chi connectivity index (χ1n) is 5.61. The summed E-state index contributed by atoms with van der Waals surface area (Å²) >= 11 is 1.95. The molecule has 1 aromatic rings. The molecule has 0 aromatic heterocycles. The van der Waals surface area contributed by atoms with E-state index in [-0.39, 0.29) is 18.0 Å². The average molecular weight is 350 g/mol. The van der Waals surface area contributed by atoms with Crippen LogP contribution in [0.4, 0.5) is 15.8 Å². The molecule has 0 spiro atoms. The lowest BCUT2D eigenvalue weighted by atomic mass is 10.1. The van der Waals surface area contributed by atoms with E-state index < -0.39 is 0 Å². The maximum absolute atomic E-state index is 13.6. The Morgan fingerprint density at radius 3 is 2.88 bits per heavy atom. The quantitative estimate of drug-likeness (QED) is 0.625. The fourth-order valence-corrected chi connectivity index (χ4v) is 2.53. The Bertz CT molecular complexity index is 427. The van der Waals surface area contributed by atoms with Gasteiger partial charge in [-0.05, 0) is 42.5 Å². The van der Waals surface area contributed by atoms with Gasteiger partial charge in [0, 0.05) is 18.7 Å². The van der Waals surface area contributed by atoms with Crippen molar-refractivity contribution in [2.75, 3.05) is 23.8 Å². The molecule has 1 fully saturated rings. The van der Waals surface area contributed by atoms with E-state index in [1.165, 1.54) is 6.07 Å². The van der Waals surface area contributed by atoms with Crippen molar-refractivity contribution in [3.63, 3.8) is 0 Å². The van der Waals surface area contributed by atoms with Crippen molar-refractivity contribution in [1.29, 1.82) is 0 Å². The summed E-state index contributed by atoms with van der Waals surface area (Å²) in [6, 6.07) is 3.41. The Kier molecular flexibility index (Phi) is 3.77. The maximum atomic E-state index is 13.6. The first kappa shape index (κ1) is 12.9. The van der Waals surface area contributed by atoms with Crippen LogP contribution in [-0.4, -0.2) is 25.3 Å². The molecule has 0 bridgehead atoms. The number of nitrogens with two attached hydrogens (primary N) is 1. The minimum Gasteiger partial charge on any atom is -0.397 e. The molecule has 2 N–H and O–H groups in total. The van der Waals surface area contributed by atoms with Crippen LogP contribution in [0.1, 0.15) is 13.8 Å². The number of morpholine rings is 1. The molecule has 1 aromatic carbocycles. The van der Waals surface area contributed by atoms with E-state index in [0.29, 0.717) is 15.9 Å². The van der Waals surface area contributed by atoms with Gasteiger partial charge in [0.2, 0.25) is 0 Å². The summed E-state index contributed by atoms with van der Waals surface area (Å²) in [4.78, 5) is 2.11. The summed E-state index contributed by atoms with van der Waals surface area (Å²) in [5.41, 5.74) is 7.37. The zero-order valence-electron chi connectivity index (χ0n) is 9.91. The third-order valence-electron chi connectivity index (χ3n) is 2.99. The normalized spacial score (nSPS) is 25.1. The number of ether oxygens (including phenoxy) is 1. The Hall–Kier alpha value is -0.560. The third-order valence-corrected chi connectivity index (χ3v) is 3.81. The predicted octanol–water partition coefficient (Wildman–Crippen LogP) is 2.63. The number of rotatable bonds is 1. The number of hydrogen-bond donors (Lipinski definition) is 1. The number of nitrogen functional groups attached to an aromatic ring is 1. The van der Waals surface area contributed by atoms with Crippen molar-refractivity contribution in [3.8, 4) is 0 Å². The molecule has 1 heterocycles. The topological polar surface area (TPSA) is 38.5 Å². The van der Waals surface area contributed by atoms with Gasteiger partial charge in [0.25, 0.3) is 0 Å². The van der Waals surface area contributed by atoms with Crippen LogP contribution >= 0.6 is 22.6 Å². The molecule has 1 saturated heterocycles. The molecule has 3 nitrogen and oxygen atoms in total. The Balaban J connectivity index is 2.35. The minimum absolute atomic E-state index is 0.146. The molecule has 0 aliphatic carbocycles. The standard InChI is InChI=1S/C12H16FIN2O/c1-7-6-17-8(2)5-16(7)12-3-9(13)10(14)4-11(12)15/h3-4,7-8H,5-6,15H2,1-2H3. The molecule has 1 aliphatic rings. The summed E-state index contributed by atoms with van der Waals surface area (Å²) in [6.45, 7) is 5.46. The van der Waals surface area contributed by atoms with Gasteiger partial charge in [-0.3, -0.25) is 0 Å². The van der Waals surface area contributed by atoms with Crippen molar-refractivity contribution in [3.05, 3.63) is 21.5 Å². The fraction of sp³-hybridized carbons (Fsp3) is 0.500. The van der Waals surface area contributed by atoms with Crippen LogP contribution < -0.4 is 10.6 Å². The Morgan fingerprint density at radius 2 is 2.18 bits per heavy atom. The third kappa shape index (κ3) is 2.65. The van der Waals surface area contributed by atoms with Gasteiger partial charge in [-0.15, -0.1) is 0 Å². The molecule has 5 heteroatoms. The van der Waals surface area contributed by atoms with Crippen molar-refractivity contribution in [2.45, 2.75) is 26.0 Å². The van der Waals surface area contributed by atoms with Gasteiger partial charge in [-0.1, -0.05) is 0 Å². The summed E-state index contributed by atoms with van der Waals surface area (Å²) in [5.74, 6) is -0.221. The van der Waals surface area contributed by atoms with E-state index in [1.54, 1.807) is 6.07 Å². The second-order valence-electron chi connectivity index (χ2n) is 4.47. The van der Waals surface area contributed by atoms with E-state index in [4.69, 9.17) is 10.5 Å². The minimum atomic E-state index is -0.221. The number of benzene rings is 1. The number of anilines is 2. The average Bonchev–Trinajstić information content (AvgIpc) is 2.27. The van der Waals surface area contributed by atoms with Gasteiger partial charge in [0.15, 0.2) is 0 Å². The van der Waals surface area contributed by atoms with Crippen molar-refractivity contribution < 1.29 is 9.13 Å². The van der Waals surface area contributed by atoms with E-state index >= 15 is 0 Å². The highest BCUT2D eigenvalue weighted by Gasteiger charge is 2.25. The lowest BCUT2D eigenvalue weighted by Crippen LogP contribution is -2.47. The lowest BCUT2D eigenvalue weighted by Gasteiger charge is -2.39. The monoisotopic (exact) mass is 350 g/mol. The first-order valence-corrected chi connectivity index (χ1v) is 6.69. The van der Waals surface area contributed by atoms with E-state index in [9.17, 15) is 4.39 Å². The summed E-state index contributed by atoms with van der Waals surface area (Å²) < 4.78 is 19.7. The zero-order valence-corrected chi connectivity index (χ0v) is 12.1. The van der Waals surface area contributed by atoms with Crippen LogP contribution in [0, 0.1) is 9.39 Å². The molecular weight excluding hydrogens is 334 g/mol. The molecule has 94 valence electrons. The van der Waals surface area contributed by atoms with Crippen LogP contribution in [0.2, 0.25) is 0 Å². The number of nitrogens with zero attached hydrogens (tertiary/aromatic N) is 1. The van der Waals surface area contributed by atoms with Crippen LogP contribution in [-0.2, 0) is 4.74 Å². The molecule has 2 rings (SSSR count). The molecule has 17 heavy (non-hydrogen) atoms. The van der Waals surface area contributed by atoms with Crippen molar-refractivity contribution in [1.82, 2.24) is 0 Å². The molecular formula is C12H16FIN2O. The van der Waals surface area contributed by atoms with Crippen LogP contribution in [0.25, 0.3) is 0 Å². The molecule has 0 radical (unpaired) electrons. The van der Waals surface area contributed by atoms with Crippen LogP contribution in [0.3, 0.4) is 0 Å². The smallest absolute Gasteiger partial charge is 0.138 e. The second-order valence-corrected chi connectivity index (χ2v) is 5.63. The van der Waals surface area contributed by atoms with Crippen LogP contribution in [0.15, 0.2) is 12.1 Å².